The van der Waals surface area contributed by atoms with Gasteiger partial charge in [-0.1, -0.05) is 150 Å². The fourth-order valence-electron chi connectivity index (χ4n) is 11.6. The van der Waals surface area contributed by atoms with Crippen molar-refractivity contribution >= 4 is 72.9 Å². The lowest BCUT2D eigenvalue weighted by atomic mass is 9.71. The van der Waals surface area contributed by atoms with Crippen LogP contribution in [0.15, 0.2) is 195 Å². The Morgan fingerprint density at radius 2 is 1.65 bits per heavy atom. The van der Waals surface area contributed by atoms with E-state index >= 15 is 0 Å². The number of hydrogen-bond donors (Lipinski definition) is 0. The molecular weight excluding hydrogens is 872 g/mol. The largest absolute Gasteiger partial charge is 0.461 e. The van der Waals surface area contributed by atoms with Gasteiger partial charge in [0.25, 0.3) is 0 Å². The van der Waals surface area contributed by atoms with Crippen LogP contribution in [-0.4, -0.2) is 8.82 Å². The standard InChI is InChI=1S/C57H53IN2O2/c1-3-4-6-15-41-36-61-57-45(41)22-14-24-53(57)60(43-18-7-5-8-19-43)52-31-27-38-26-29-46-49-34-50(38)55(52)37(2)32-39(49)28-30-51(46)59(44-20-10-9-17-42(58)33-44)35-40-16-13-23-48-47-21-11-12-25-54(47)62-56(40)48/h3-16,18-25,27-28,30-31,36-37,39,42,49-50,55H,17,26,29,32-35H2,1-2H3/b4-3-,15-6-/t37?,39?,42-,49?,50?,55?/m1/s1. The molecule has 5 heteroatoms. The summed E-state index contributed by atoms with van der Waals surface area (Å²) in [7, 11) is 0. The number of nitrogens with zero attached hydrogens (tertiary/aromatic N) is 2. The minimum Gasteiger partial charge on any atom is -0.461 e. The Kier molecular flexibility index (Phi) is 10.6. The van der Waals surface area contributed by atoms with E-state index in [1.807, 2.05) is 13.2 Å². The molecule has 5 aliphatic carbocycles. The summed E-state index contributed by atoms with van der Waals surface area (Å²) < 4.78 is 13.7. The van der Waals surface area contributed by atoms with Crippen LogP contribution >= 0.6 is 22.6 Å². The molecule has 2 fully saturated rings. The van der Waals surface area contributed by atoms with Crippen molar-refractivity contribution in [3.05, 3.63) is 197 Å². The summed E-state index contributed by atoms with van der Waals surface area (Å²) in [6.07, 6.45) is 34.1. The topological polar surface area (TPSA) is 32.8 Å². The van der Waals surface area contributed by atoms with Crippen LogP contribution in [0.2, 0.25) is 0 Å². The highest BCUT2D eigenvalue weighted by atomic mass is 127. The van der Waals surface area contributed by atoms with Crippen LogP contribution in [0.1, 0.15) is 63.5 Å². The molecule has 2 saturated carbocycles. The highest BCUT2D eigenvalue weighted by Gasteiger charge is 2.47. The lowest BCUT2D eigenvalue weighted by Crippen LogP contribution is -2.34. The van der Waals surface area contributed by atoms with Crippen molar-refractivity contribution in [3.63, 3.8) is 0 Å². The van der Waals surface area contributed by atoms with E-state index in [-0.39, 0.29) is 0 Å². The molecule has 2 aromatic heterocycles. The van der Waals surface area contributed by atoms with Crippen LogP contribution in [0.5, 0.6) is 0 Å². The summed E-state index contributed by atoms with van der Waals surface area (Å²) in [6, 6.07) is 32.8. The second-order valence-electron chi connectivity index (χ2n) is 18.0. The predicted molar refractivity (Wildman–Crippen MR) is 266 cm³/mol. The second kappa shape index (κ2) is 16.6. The molecule has 11 rings (SSSR count). The first-order valence-corrected chi connectivity index (χ1v) is 23.9. The number of halogens is 1. The molecule has 4 nitrogen and oxygen atoms in total. The summed E-state index contributed by atoms with van der Waals surface area (Å²) in [6.45, 7) is 5.36. The molecule has 5 unspecified atom stereocenters. The molecule has 0 spiro atoms. The van der Waals surface area contributed by atoms with E-state index in [9.17, 15) is 0 Å². The third kappa shape index (κ3) is 6.97. The molecule has 4 aromatic carbocycles. The van der Waals surface area contributed by atoms with Crippen LogP contribution in [0.4, 0.5) is 11.4 Å². The summed E-state index contributed by atoms with van der Waals surface area (Å²) >= 11 is 2.67. The van der Waals surface area contributed by atoms with Crippen LogP contribution < -0.4 is 4.90 Å². The molecule has 6 atom stereocenters. The van der Waals surface area contributed by atoms with Gasteiger partial charge in [0, 0.05) is 59.9 Å². The molecule has 6 aromatic rings. The Morgan fingerprint density at radius 1 is 0.806 bits per heavy atom. The summed E-state index contributed by atoms with van der Waals surface area (Å²) in [5, 5.41) is 3.52. The zero-order chi connectivity index (χ0) is 41.7. The van der Waals surface area contributed by atoms with E-state index in [2.05, 4.69) is 197 Å². The van der Waals surface area contributed by atoms with Crippen molar-refractivity contribution in [3.8, 4) is 0 Å². The quantitative estimate of drug-likeness (QED) is 0.0822. The van der Waals surface area contributed by atoms with Crippen molar-refractivity contribution < 1.29 is 8.83 Å². The van der Waals surface area contributed by atoms with E-state index in [0.29, 0.717) is 33.5 Å². The maximum absolute atomic E-state index is 6.66. The molecule has 0 amide bonds. The van der Waals surface area contributed by atoms with Gasteiger partial charge < -0.3 is 18.6 Å². The van der Waals surface area contributed by atoms with Crippen molar-refractivity contribution in [1.29, 1.82) is 0 Å². The number of rotatable bonds is 9. The minimum absolute atomic E-state index is 0.368. The third-order valence-corrected chi connectivity index (χ3v) is 15.3. The van der Waals surface area contributed by atoms with Crippen molar-refractivity contribution in [2.45, 2.75) is 62.8 Å². The van der Waals surface area contributed by atoms with E-state index in [1.54, 1.807) is 11.1 Å². The highest BCUT2D eigenvalue weighted by Crippen LogP contribution is 2.57. The minimum atomic E-state index is 0.368. The highest BCUT2D eigenvalue weighted by molar-refractivity contribution is 14.1. The average molecular weight is 925 g/mol. The lowest BCUT2D eigenvalue weighted by molar-refractivity contribution is 0.301. The number of fused-ring (bicyclic) bond motifs is 4. The maximum Gasteiger partial charge on any atom is 0.158 e. The zero-order valence-electron chi connectivity index (χ0n) is 35.6. The number of anilines is 2. The van der Waals surface area contributed by atoms with E-state index < -0.39 is 0 Å². The Labute approximate surface area is 379 Å². The van der Waals surface area contributed by atoms with Gasteiger partial charge in [0.2, 0.25) is 0 Å². The first kappa shape index (κ1) is 39.3. The number of para-hydroxylation sites is 4. The fourth-order valence-corrected chi connectivity index (χ4v) is 12.3. The van der Waals surface area contributed by atoms with Gasteiger partial charge in [0.15, 0.2) is 5.58 Å². The van der Waals surface area contributed by atoms with Gasteiger partial charge in [-0.15, -0.1) is 0 Å². The number of hydrogen-bond acceptors (Lipinski definition) is 4. The van der Waals surface area contributed by atoms with E-state index in [4.69, 9.17) is 8.83 Å². The molecule has 5 aliphatic rings. The van der Waals surface area contributed by atoms with E-state index in [1.165, 1.54) is 45.5 Å². The second-order valence-corrected chi connectivity index (χ2v) is 19.7. The normalized spacial score (nSPS) is 24.7. The molecule has 0 radical (unpaired) electrons. The Hall–Kier alpha value is -5.53. The van der Waals surface area contributed by atoms with E-state index in [0.717, 1.165) is 72.0 Å². The molecule has 310 valence electrons. The lowest BCUT2D eigenvalue weighted by Gasteiger charge is -2.41. The molecule has 0 aliphatic heterocycles. The summed E-state index contributed by atoms with van der Waals surface area (Å²) in [5.41, 5.74) is 15.0. The van der Waals surface area contributed by atoms with Gasteiger partial charge in [0.1, 0.15) is 11.2 Å². The summed E-state index contributed by atoms with van der Waals surface area (Å²) in [4.78, 5) is 5.22. The van der Waals surface area contributed by atoms with Gasteiger partial charge in [-0.3, -0.25) is 0 Å². The molecule has 0 N–H and O–H groups in total. The monoisotopic (exact) mass is 924 g/mol. The fraction of sp³-hybridized carbons (Fsp3) is 0.263. The predicted octanol–water partition coefficient (Wildman–Crippen LogP) is 15.9. The van der Waals surface area contributed by atoms with Crippen molar-refractivity contribution in [1.82, 2.24) is 4.90 Å². The number of alkyl halides is 1. The molecular formula is C57H53IN2O2. The van der Waals surface area contributed by atoms with Gasteiger partial charge in [-0.25, -0.2) is 0 Å². The number of benzene rings is 4. The van der Waals surface area contributed by atoms with Crippen LogP contribution in [0.25, 0.3) is 39.0 Å². The molecule has 0 saturated heterocycles. The number of furan rings is 2. The average Bonchev–Trinajstić information content (AvgIpc) is 3.67. The Balaban J connectivity index is 0.999. The first-order chi connectivity index (χ1) is 30.5. The third-order valence-electron chi connectivity index (χ3n) is 14.4. The van der Waals surface area contributed by atoms with Crippen molar-refractivity contribution in [2.75, 3.05) is 4.90 Å². The Bertz CT molecular complexity index is 2930. The summed E-state index contributed by atoms with van der Waals surface area (Å²) in [5.74, 6) is 2.30. The van der Waals surface area contributed by atoms with Crippen molar-refractivity contribution in [2.24, 2.45) is 29.6 Å². The smallest absolute Gasteiger partial charge is 0.158 e. The molecule has 62 heavy (non-hydrogen) atoms. The van der Waals surface area contributed by atoms with Gasteiger partial charge in [0.05, 0.1) is 18.5 Å². The van der Waals surface area contributed by atoms with Crippen LogP contribution in [-0.2, 0) is 6.54 Å². The van der Waals surface area contributed by atoms with Gasteiger partial charge in [-0.2, -0.15) is 0 Å². The first-order valence-electron chi connectivity index (χ1n) is 22.7. The molecule has 2 heterocycles. The maximum atomic E-state index is 6.66. The molecule has 2 bridgehead atoms. The zero-order valence-corrected chi connectivity index (χ0v) is 37.7. The Morgan fingerprint density at radius 3 is 2.55 bits per heavy atom. The number of allylic oxidation sites excluding steroid dienone is 14. The van der Waals surface area contributed by atoms with Crippen LogP contribution in [0, 0.1) is 29.6 Å². The van der Waals surface area contributed by atoms with Crippen LogP contribution in [0.3, 0.4) is 0 Å². The van der Waals surface area contributed by atoms with Gasteiger partial charge >= 0.3 is 0 Å². The SMILES string of the molecule is C/C=C\C=C/c1coc2c(N(C3=CC=C4CCC5=C(N(Cc6cccc7c6oc6ccccc67)C6=CC=CC[C@@H](I)C6)C=CC6CC(C)C3C4CC56)c3ccccc3)cccc12. The van der Waals surface area contributed by atoms with Gasteiger partial charge in [-0.05, 0) is 117 Å².